The number of amides is 3. The van der Waals surface area contributed by atoms with Crippen LogP contribution in [0.2, 0.25) is 0 Å². The molecule has 0 saturated heterocycles. The summed E-state index contributed by atoms with van der Waals surface area (Å²) in [5.74, 6) is -1.42. The van der Waals surface area contributed by atoms with Crippen LogP contribution in [-0.4, -0.2) is 42.6 Å². The van der Waals surface area contributed by atoms with E-state index in [-0.39, 0.29) is 18.8 Å². The zero-order valence-corrected chi connectivity index (χ0v) is 19.5. The maximum Gasteiger partial charge on any atom is 0.240 e. The molecule has 34 heavy (non-hydrogen) atoms. The van der Waals surface area contributed by atoms with Gasteiger partial charge in [-0.05, 0) is 16.7 Å². The molecular formula is C26H28N4O3S. The molecule has 8 heteroatoms. The van der Waals surface area contributed by atoms with Crippen LogP contribution in [-0.2, 0) is 19.1 Å². The smallest absolute Gasteiger partial charge is 0.240 e. The Morgan fingerprint density at radius 2 is 1.21 bits per heavy atom. The number of rotatable bonds is 11. The van der Waals surface area contributed by atoms with E-state index in [1.807, 2.05) is 91.0 Å². The van der Waals surface area contributed by atoms with Gasteiger partial charge in [0.1, 0.15) is 6.04 Å². The van der Waals surface area contributed by atoms with Crippen molar-refractivity contribution in [2.45, 2.75) is 10.8 Å². The lowest BCUT2D eigenvalue weighted by Crippen LogP contribution is -2.50. The number of benzene rings is 3. The molecule has 176 valence electrons. The highest BCUT2D eigenvalue weighted by Crippen LogP contribution is 2.48. The molecule has 0 bridgehead atoms. The first kappa shape index (κ1) is 25.0. The first-order chi connectivity index (χ1) is 16.5. The second-order valence-corrected chi connectivity index (χ2v) is 8.83. The Balaban J connectivity index is 1.96. The first-order valence-corrected chi connectivity index (χ1v) is 11.8. The molecule has 0 saturated carbocycles. The molecule has 3 aromatic carbocycles. The summed E-state index contributed by atoms with van der Waals surface area (Å²) in [6.07, 6.45) is 0. The Morgan fingerprint density at radius 3 is 1.59 bits per heavy atom. The lowest BCUT2D eigenvalue weighted by atomic mass is 9.84. The molecule has 0 aromatic heterocycles. The van der Waals surface area contributed by atoms with Gasteiger partial charge >= 0.3 is 0 Å². The van der Waals surface area contributed by atoms with Gasteiger partial charge in [-0.15, -0.1) is 11.8 Å². The molecule has 3 rings (SSSR count). The summed E-state index contributed by atoms with van der Waals surface area (Å²) in [7, 11) is 0. The van der Waals surface area contributed by atoms with Gasteiger partial charge in [-0.1, -0.05) is 91.0 Å². The van der Waals surface area contributed by atoms with Crippen LogP contribution < -0.4 is 22.1 Å². The Bertz CT molecular complexity index is 998. The molecule has 0 aliphatic rings. The Morgan fingerprint density at radius 1 is 0.765 bits per heavy atom. The lowest BCUT2D eigenvalue weighted by molar-refractivity contribution is -0.128. The van der Waals surface area contributed by atoms with Crippen LogP contribution >= 0.6 is 11.8 Å². The maximum absolute atomic E-state index is 12.3. The van der Waals surface area contributed by atoms with E-state index in [0.29, 0.717) is 0 Å². The molecule has 0 unspecified atom stereocenters. The summed E-state index contributed by atoms with van der Waals surface area (Å²) in [6, 6.07) is 29.1. The van der Waals surface area contributed by atoms with Gasteiger partial charge in [-0.2, -0.15) is 0 Å². The van der Waals surface area contributed by atoms with Crippen LogP contribution in [0.3, 0.4) is 0 Å². The largest absolute Gasteiger partial charge is 0.368 e. The fraction of sp³-hybridized carbons (Fsp3) is 0.192. The van der Waals surface area contributed by atoms with Crippen LogP contribution in [0.15, 0.2) is 91.0 Å². The van der Waals surface area contributed by atoms with Crippen LogP contribution in [0.25, 0.3) is 0 Å². The highest BCUT2D eigenvalue weighted by atomic mass is 32.2. The standard InChI is InChI=1S/C26H28N4O3S/c27-16-23(31)29-17-24(32)30-22(25(28)33)18-34-26(19-10-4-1-5-11-19,20-12-6-2-7-13-20)21-14-8-3-9-15-21/h1-15,22H,16-18,27H2,(H2,28,33)(H,29,31)(H,30,32)/t22-/m0/s1. The lowest BCUT2D eigenvalue weighted by Gasteiger charge is -2.36. The van der Waals surface area contributed by atoms with E-state index < -0.39 is 28.5 Å². The fourth-order valence-corrected chi connectivity index (χ4v) is 5.24. The molecule has 0 fully saturated rings. The number of primary amides is 1. The van der Waals surface area contributed by atoms with Crippen molar-refractivity contribution in [3.63, 3.8) is 0 Å². The van der Waals surface area contributed by atoms with Crippen molar-refractivity contribution in [2.75, 3.05) is 18.8 Å². The van der Waals surface area contributed by atoms with Crippen LogP contribution in [0.4, 0.5) is 0 Å². The molecule has 0 aliphatic carbocycles. The minimum absolute atomic E-state index is 0.213. The van der Waals surface area contributed by atoms with Crippen molar-refractivity contribution in [3.8, 4) is 0 Å². The van der Waals surface area contributed by atoms with Crippen LogP contribution in [0.1, 0.15) is 16.7 Å². The number of hydrogen-bond acceptors (Lipinski definition) is 5. The van der Waals surface area contributed by atoms with Gasteiger partial charge < -0.3 is 22.1 Å². The van der Waals surface area contributed by atoms with Crippen LogP contribution in [0, 0.1) is 0 Å². The molecule has 0 spiro atoms. The van der Waals surface area contributed by atoms with E-state index >= 15 is 0 Å². The fourth-order valence-electron chi connectivity index (χ4n) is 3.67. The van der Waals surface area contributed by atoms with Crippen molar-refractivity contribution in [3.05, 3.63) is 108 Å². The normalized spacial score (nSPS) is 11.9. The second-order valence-electron chi connectivity index (χ2n) is 7.59. The van der Waals surface area contributed by atoms with E-state index in [0.717, 1.165) is 16.7 Å². The Labute approximate surface area is 203 Å². The summed E-state index contributed by atoms with van der Waals surface area (Å²) >= 11 is 1.51. The van der Waals surface area contributed by atoms with E-state index in [9.17, 15) is 14.4 Å². The van der Waals surface area contributed by atoms with Crippen molar-refractivity contribution in [1.82, 2.24) is 10.6 Å². The van der Waals surface area contributed by atoms with E-state index in [4.69, 9.17) is 11.5 Å². The van der Waals surface area contributed by atoms with Gasteiger partial charge in [0.15, 0.2) is 0 Å². The quantitative estimate of drug-likeness (QED) is 0.314. The van der Waals surface area contributed by atoms with Gasteiger partial charge in [0.25, 0.3) is 0 Å². The first-order valence-electron chi connectivity index (χ1n) is 10.8. The van der Waals surface area contributed by atoms with Gasteiger partial charge in [-0.3, -0.25) is 14.4 Å². The number of carbonyl (C=O) groups excluding carboxylic acids is 3. The SMILES string of the molecule is NCC(=O)NCC(=O)N[C@@H](CSC(c1ccccc1)(c1ccccc1)c1ccccc1)C(N)=O. The van der Waals surface area contributed by atoms with Crippen molar-refractivity contribution in [1.29, 1.82) is 0 Å². The van der Waals surface area contributed by atoms with Crippen LogP contribution in [0.5, 0.6) is 0 Å². The van der Waals surface area contributed by atoms with Gasteiger partial charge in [0, 0.05) is 5.75 Å². The van der Waals surface area contributed by atoms with Gasteiger partial charge in [0.2, 0.25) is 17.7 Å². The number of nitrogens with one attached hydrogen (secondary N) is 2. The third-order valence-corrected chi connectivity index (χ3v) is 6.96. The Hall–Kier alpha value is -3.62. The maximum atomic E-state index is 12.3. The molecule has 0 aliphatic heterocycles. The Kier molecular flexibility index (Phi) is 8.84. The van der Waals surface area contributed by atoms with Gasteiger partial charge in [-0.25, -0.2) is 0 Å². The number of carbonyl (C=O) groups is 3. The minimum Gasteiger partial charge on any atom is -0.368 e. The topological polar surface area (TPSA) is 127 Å². The second kappa shape index (κ2) is 12.0. The van der Waals surface area contributed by atoms with Gasteiger partial charge in [0.05, 0.1) is 17.8 Å². The zero-order chi connectivity index (χ0) is 24.4. The zero-order valence-electron chi connectivity index (χ0n) is 18.6. The third kappa shape index (κ3) is 6.03. The van der Waals surface area contributed by atoms with E-state index in [1.165, 1.54) is 11.8 Å². The van der Waals surface area contributed by atoms with Crippen molar-refractivity contribution < 1.29 is 14.4 Å². The highest BCUT2D eigenvalue weighted by molar-refractivity contribution is 8.00. The molecule has 0 radical (unpaired) electrons. The third-order valence-electron chi connectivity index (χ3n) is 5.32. The molecule has 3 amide bonds. The average molecular weight is 477 g/mol. The summed E-state index contributed by atoms with van der Waals surface area (Å²) in [5.41, 5.74) is 14.0. The molecule has 3 aromatic rings. The summed E-state index contributed by atoms with van der Waals surface area (Å²) in [5, 5.41) is 5.02. The summed E-state index contributed by atoms with van der Waals surface area (Å²) in [4.78, 5) is 35.9. The van der Waals surface area contributed by atoms with E-state index in [2.05, 4.69) is 10.6 Å². The molecule has 0 heterocycles. The summed E-state index contributed by atoms with van der Waals surface area (Å²) < 4.78 is -0.657. The average Bonchev–Trinajstić information content (AvgIpc) is 2.88. The van der Waals surface area contributed by atoms with Crippen molar-refractivity contribution in [2.24, 2.45) is 11.5 Å². The number of nitrogens with two attached hydrogens (primary N) is 2. The predicted octanol–water partition coefficient (Wildman–Crippen LogP) is 1.76. The monoisotopic (exact) mass is 476 g/mol. The highest BCUT2D eigenvalue weighted by Gasteiger charge is 2.38. The number of thioether (sulfide) groups is 1. The molecule has 6 N–H and O–H groups in total. The molecular weight excluding hydrogens is 448 g/mol. The predicted molar refractivity (Wildman–Crippen MR) is 135 cm³/mol. The molecule has 7 nitrogen and oxygen atoms in total. The van der Waals surface area contributed by atoms with E-state index in [1.54, 1.807) is 0 Å². The van der Waals surface area contributed by atoms with Crippen molar-refractivity contribution >= 4 is 29.5 Å². The minimum atomic E-state index is -0.942. The molecule has 1 atom stereocenters. The number of hydrogen-bond donors (Lipinski definition) is 4. The summed E-state index contributed by atoms with van der Waals surface area (Å²) in [6.45, 7) is -0.512.